The van der Waals surface area contributed by atoms with Crippen LogP contribution in [0.15, 0.2) is 0 Å². The first-order chi connectivity index (χ1) is 8.39. The van der Waals surface area contributed by atoms with Crippen molar-refractivity contribution in [1.29, 1.82) is 0 Å². The van der Waals surface area contributed by atoms with Gasteiger partial charge in [0, 0.05) is 6.54 Å². The maximum atomic E-state index is 12.6. The predicted molar refractivity (Wildman–Crippen MR) is 69.9 cm³/mol. The molecule has 18 heavy (non-hydrogen) atoms. The number of piperazine rings is 1. The molecule has 1 aliphatic heterocycles. The fourth-order valence-corrected chi connectivity index (χ4v) is 2.66. The second-order valence-corrected chi connectivity index (χ2v) is 6.26. The van der Waals surface area contributed by atoms with Crippen molar-refractivity contribution in [3.63, 3.8) is 0 Å². The predicted octanol–water partition coefficient (Wildman–Crippen LogP) is 1.55. The molecule has 1 saturated heterocycles. The van der Waals surface area contributed by atoms with Crippen molar-refractivity contribution < 1.29 is 9.59 Å². The standard InChI is InChI=1S/C14H24N2O2/c1-5-14(4)13(18)16(8-10-6-7-10)11(9(2)3)12(17)15-14/h9-11H,5-8H2,1-4H3,(H,15,17). The van der Waals surface area contributed by atoms with Gasteiger partial charge in [0.2, 0.25) is 11.8 Å². The summed E-state index contributed by atoms with van der Waals surface area (Å²) in [5.41, 5.74) is -0.711. The summed E-state index contributed by atoms with van der Waals surface area (Å²) in [5, 5.41) is 2.92. The van der Waals surface area contributed by atoms with E-state index in [0.717, 1.165) is 6.54 Å². The Labute approximate surface area is 109 Å². The molecular weight excluding hydrogens is 228 g/mol. The first kappa shape index (κ1) is 13.4. The van der Waals surface area contributed by atoms with Crippen LogP contribution in [0.5, 0.6) is 0 Å². The molecule has 0 aromatic carbocycles. The molecule has 2 amide bonds. The van der Waals surface area contributed by atoms with Crippen molar-refractivity contribution in [1.82, 2.24) is 10.2 Å². The van der Waals surface area contributed by atoms with Crippen LogP contribution in [0.1, 0.15) is 47.0 Å². The molecule has 0 radical (unpaired) electrons. The molecule has 1 aliphatic carbocycles. The lowest BCUT2D eigenvalue weighted by molar-refractivity contribution is -0.156. The molecule has 2 fully saturated rings. The van der Waals surface area contributed by atoms with Crippen LogP contribution in [0.4, 0.5) is 0 Å². The number of rotatable bonds is 4. The lowest BCUT2D eigenvalue weighted by Crippen LogP contribution is -2.70. The van der Waals surface area contributed by atoms with Gasteiger partial charge in [0.15, 0.2) is 0 Å². The third kappa shape index (κ3) is 2.25. The van der Waals surface area contributed by atoms with Crippen LogP contribution < -0.4 is 5.32 Å². The third-order valence-corrected chi connectivity index (χ3v) is 4.23. The number of hydrogen-bond acceptors (Lipinski definition) is 2. The number of nitrogens with one attached hydrogen (secondary N) is 1. The van der Waals surface area contributed by atoms with Gasteiger partial charge in [-0.15, -0.1) is 0 Å². The minimum atomic E-state index is -0.711. The van der Waals surface area contributed by atoms with Crippen LogP contribution >= 0.6 is 0 Å². The van der Waals surface area contributed by atoms with E-state index in [9.17, 15) is 9.59 Å². The van der Waals surface area contributed by atoms with Gasteiger partial charge in [0.25, 0.3) is 0 Å². The van der Waals surface area contributed by atoms with Crippen molar-refractivity contribution in [3.8, 4) is 0 Å². The maximum absolute atomic E-state index is 12.6. The SMILES string of the molecule is CCC1(C)NC(=O)C(C(C)C)N(CC2CC2)C1=O. The van der Waals surface area contributed by atoms with Gasteiger partial charge >= 0.3 is 0 Å². The monoisotopic (exact) mass is 252 g/mol. The summed E-state index contributed by atoms with van der Waals surface area (Å²) in [5.74, 6) is 0.876. The van der Waals surface area contributed by atoms with Gasteiger partial charge in [-0.05, 0) is 38.0 Å². The molecule has 1 saturated carbocycles. The highest BCUT2D eigenvalue weighted by molar-refractivity contribution is 5.99. The summed E-state index contributed by atoms with van der Waals surface area (Å²) >= 11 is 0. The summed E-state index contributed by atoms with van der Waals surface area (Å²) in [6.07, 6.45) is 3.03. The van der Waals surface area contributed by atoms with E-state index >= 15 is 0 Å². The Morgan fingerprint density at radius 3 is 2.44 bits per heavy atom. The first-order valence-corrected chi connectivity index (χ1v) is 7.02. The second-order valence-electron chi connectivity index (χ2n) is 6.26. The van der Waals surface area contributed by atoms with Crippen LogP contribution in [-0.4, -0.2) is 34.8 Å². The van der Waals surface area contributed by atoms with Crippen LogP contribution in [0.2, 0.25) is 0 Å². The van der Waals surface area contributed by atoms with E-state index in [1.807, 2.05) is 32.6 Å². The molecule has 2 atom stereocenters. The van der Waals surface area contributed by atoms with Gasteiger partial charge in [-0.3, -0.25) is 9.59 Å². The Hall–Kier alpha value is -1.06. The molecule has 0 aromatic heterocycles. The van der Waals surface area contributed by atoms with Crippen molar-refractivity contribution in [2.45, 2.75) is 58.5 Å². The van der Waals surface area contributed by atoms with Gasteiger partial charge in [-0.1, -0.05) is 20.8 Å². The molecule has 0 aromatic rings. The van der Waals surface area contributed by atoms with Crippen LogP contribution in [-0.2, 0) is 9.59 Å². The van der Waals surface area contributed by atoms with Crippen LogP contribution in [0.25, 0.3) is 0 Å². The molecular formula is C14H24N2O2. The van der Waals surface area contributed by atoms with Crippen LogP contribution in [0.3, 0.4) is 0 Å². The Balaban J connectivity index is 2.26. The van der Waals surface area contributed by atoms with Crippen molar-refractivity contribution in [2.75, 3.05) is 6.54 Å². The Kier molecular flexibility index (Phi) is 3.39. The fraction of sp³-hybridized carbons (Fsp3) is 0.857. The van der Waals surface area contributed by atoms with E-state index in [1.54, 1.807) is 0 Å². The van der Waals surface area contributed by atoms with Gasteiger partial charge < -0.3 is 10.2 Å². The summed E-state index contributed by atoms with van der Waals surface area (Å²) < 4.78 is 0. The minimum absolute atomic E-state index is 0.00889. The summed E-state index contributed by atoms with van der Waals surface area (Å²) in [6, 6.07) is -0.294. The van der Waals surface area contributed by atoms with E-state index in [4.69, 9.17) is 0 Å². The van der Waals surface area contributed by atoms with Gasteiger partial charge in [0.05, 0.1) is 0 Å². The summed E-state index contributed by atoms with van der Waals surface area (Å²) in [4.78, 5) is 26.7. The number of carbonyl (C=O) groups excluding carboxylic acids is 2. The molecule has 102 valence electrons. The van der Waals surface area contributed by atoms with Gasteiger partial charge in [-0.25, -0.2) is 0 Å². The number of hydrogen-bond donors (Lipinski definition) is 1. The fourth-order valence-electron chi connectivity index (χ4n) is 2.66. The highest BCUT2D eigenvalue weighted by Crippen LogP contribution is 2.33. The lowest BCUT2D eigenvalue weighted by atomic mass is 9.88. The normalized spacial score (nSPS) is 32.9. The Bertz CT molecular complexity index is 363. The lowest BCUT2D eigenvalue weighted by Gasteiger charge is -2.45. The number of nitrogens with zero attached hydrogens (tertiary/aromatic N) is 1. The number of carbonyl (C=O) groups is 2. The quantitative estimate of drug-likeness (QED) is 0.825. The van der Waals surface area contributed by atoms with E-state index in [0.29, 0.717) is 12.3 Å². The first-order valence-electron chi connectivity index (χ1n) is 7.02. The molecule has 0 spiro atoms. The van der Waals surface area contributed by atoms with Crippen molar-refractivity contribution in [2.24, 2.45) is 11.8 Å². The highest BCUT2D eigenvalue weighted by atomic mass is 16.2. The van der Waals surface area contributed by atoms with E-state index in [1.165, 1.54) is 12.8 Å². The van der Waals surface area contributed by atoms with E-state index < -0.39 is 5.54 Å². The van der Waals surface area contributed by atoms with Crippen molar-refractivity contribution in [3.05, 3.63) is 0 Å². The minimum Gasteiger partial charge on any atom is -0.340 e. The zero-order valence-corrected chi connectivity index (χ0v) is 11.8. The van der Waals surface area contributed by atoms with Gasteiger partial charge in [0.1, 0.15) is 11.6 Å². The zero-order valence-electron chi connectivity index (χ0n) is 11.8. The van der Waals surface area contributed by atoms with Gasteiger partial charge in [-0.2, -0.15) is 0 Å². The number of amides is 2. The average Bonchev–Trinajstić information content (AvgIpc) is 3.09. The third-order valence-electron chi connectivity index (χ3n) is 4.23. The second kappa shape index (κ2) is 4.56. The van der Waals surface area contributed by atoms with Crippen molar-refractivity contribution >= 4 is 11.8 Å². The summed E-state index contributed by atoms with van der Waals surface area (Å²) in [6.45, 7) is 8.55. The largest absolute Gasteiger partial charge is 0.340 e. The topological polar surface area (TPSA) is 49.4 Å². The zero-order chi connectivity index (χ0) is 13.5. The molecule has 2 unspecified atom stereocenters. The average molecular weight is 252 g/mol. The highest BCUT2D eigenvalue weighted by Gasteiger charge is 2.48. The Morgan fingerprint density at radius 1 is 1.39 bits per heavy atom. The molecule has 1 N–H and O–H groups in total. The molecule has 2 rings (SSSR count). The molecule has 0 bridgehead atoms. The summed E-state index contributed by atoms with van der Waals surface area (Å²) in [7, 11) is 0. The van der Waals surface area contributed by atoms with E-state index in [-0.39, 0.29) is 23.8 Å². The molecule has 2 aliphatic rings. The van der Waals surface area contributed by atoms with Crippen LogP contribution in [0, 0.1) is 11.8 Å². The van der Waals surface area contributed by atoms with E-state index in [2.05, 4.69) is 5.32 Å². The maximum Gasteiger partial charge on any atom is 0.248 e. The molecule has 4 nitrogen and oxygen atoms in total. The smallest absolute Gasteiger partial charge is 0.248 e. The molecule has 4 heteroatoms. The molecule has 1 heterocycles. The Morgan fingerprint density at radius 2 is 2.00 bits per heavy atom.